The Bertz CT molecular complexity index is 993. The molecule has 8 nitrogen and oxygen atoms in total. The SMILES string of the molecule is CCC(=O)Nc1ccc(NC(=O)c2c(C)ccn(CC3CCCO3)c2=O)cc1OC. The molecule has 2 amide bonds. The van der Waals surface area contributed by atoms with Crippen LogP contribution >= 0.6 is 0 Å². The minimum Gasteiger partial charge on any atom is -0.494 e. The third-order valence-electron chi connectivity index (χ3n) is 5.08. The smallest absolute Gasteiger partial charge is 0.263 e. The summed E-state index contributed by atoms with van der Waals surface area (Å²) in [5.41, 5.74) is 1.32. The number of nitrogens with zero attached hydrogens (tertiary/aromatic N) is 1. The van der Waals surface area contributed by atoms with E-state index in [0.29, 0.717) is 42.3 Å². The van der Waals surface area contributed by atoms with E-state index >= 15 is 0 Å². The van der Waals surface area contributed by atoms with Gasteiger partial charge in [-0.3, -0.25) is 14.4 Å². The maximum Gasteiger partial charge on any atom is 0.263 e. The predicted octanol–water partition coefficient (Wildman–Crippen LogP) is 2.95. The summed E-state index contributed by atoms with van der Waals surface area (Å²) in [5, 5.41) is 5.50. The molecule has 1 saturated heterocycles. The second-order valence-electron chi connectivity index (χ2n) is 7.24. The van der Waals surface area contributed by atoms with Crippen molar-refractivity contribution < 1.29 is 19.1 Å². The molecule has 0 aliphatic carbocycles. The zero-order valence-corrected chi connectivity index (χ0v) is 17.5. The van der Waals surface area contributed by atoms with Crippen LogP contribution in [0.2, 0.25) is 0 Å². The molecule has 1 aliphatic heterocycles. The molecule has 3 rings (SSSR count). The van der Waals surface area contributed by atoms with Gasteiger partial charge in [0.1, 0.15) is 11.3 Å². The molecule has 160 valence electrons. The molecule has 2 aromatic rings. The van der Waals surface area contributed by atoms with Gasteiger partial charge in [-0.15, -0.1) is 0 Å². The highest BCUT2D eigenvalue weighted by Crippen LogP contribution is 2.28. The second kappa shape index (κ2) is 9.58. The molecule has 1 aromatic carbocycles. The van der Waals surface area contributed by atoms with Crippen LogP contribution in [-0.2, 0) is 16.1 Å². The Hall–Kier alpha value is -3.13. The molecule has 0 radical (unpaired) electrons. The van der Waals surface area contributed by atoms with Gasteiger partial charge in [-0.05, 0) is 43.5 Å². The van der Waals surface area contributed by atoms with Crippen LogP contribution in [-0.4, -0.2) is 36.2 Å². The Balaban J connectivity index is 1.81. The first-order chi connectivity index (χ1) is 14.4. The Morgan fingerprint density at radius 2 is 2.07 bits per heavy atom. The van der Waals surface area contributed by atoms with Gasteiger partial charge >= 0.3 is 0 Å². The van der Waals surface area contributed by atoms with E-state index in [4.69, 9.17) is 9.47 Å². The molecule has 0 spiro atoms. The van der Waals surface area contributed by atoms with E-state index in [1.807, 2.05) is 0 Å². The molecule has 1 aromatic heterocycles. The number of carbonyl (C=O) groups is 2. The van der Waals surface area contributed by atoms with Crippen molar-refractivity contribution in [1.82, 2.24) is 4.57 Å². The molecule has 30 heavy (non-hydrogen) atoms. The minimum atomic E-state index is -0.494. The van der Waals surface area contributed by atoms with Gasteiger partial charge in [0.15, 0.2) is 0 Å². The predicted molar refractivity (Wildman–Crippen MR) is 114 cm³/mol. The number of amides is 2. The van der Waals surface area contributed by atoms with Crippen molar-refractivity contribution in [3.63, 3.8) is 0 Å². The van der Waals surface area contributed by atoms with Crippen LogP contribution in [0.25, 0.3) is 0 Å². The van der Waals surface area contributed by atoms with Crippen molar-refractivity contribution in [1.29, 1.82) is 0 Å². The summed E-state index contributed by atoms with van der Waals surface area (Å²) in [5.74, 6) is -0.224. The normalized spacial score (nSPS) is 15.6. The number of hydrogen-bond acceptors (Lipinski definition) is 5. The van der Waals surface area contributed by atoms with E-state index in [2.05, 4.69) is 10.6 Å². The number of carbonyl (C=O) groups excluding carboxylic acids is 2. The molecular formula is C22H27N3O5. The number of methoxy groups -OCH3 is 1. The number of anilines is 2. The van der Waals surface area contributed by atoms with Gasteiger partial charge in [0.05, 0.1) is 25.4 Å². The number of benzene rings is 1. The topological polar surface area (TPSA) is 98.7 Å². The Morgan fingerprint density at radius 3 is 2.73 bits per heavy atom. The van der Waals surface area contributed by atoms with Gasteiger partial charge in [-0.2, -0.15) is 0 Å². The molecule has 2 heterocycles. The molecule has 0 bridgehead atoms. The Labute approximate surface area is 175 Å². The Morgan fingerprint density at radius 1 is 1.27 bits per heavy atom. The zero-order chi connectivity index (χ0) is 21.7. The van der Waals surface area contributed by atoms with Crippen LogP contribution in [0, 0.1) is 6.92 Å². The molecule has 8 heteroatoms. The number of aryl methyl sites for hydroxylation is 1. The number of rotatable bonds is 7. The number of hydrogen-bond donors (Lipinski definition) is 2. The fourth-order valence-corrected chi connectivity index (χ4v) is 3.40. The minimum absolute atomic E-state index is 0.00328. The number of aromatic nitrogens is 1. The van der Waals surface area contributed by atoms with Crippen molar-refractivity contribution in [2.24, 2.45) is 0 Å². The summed E-state index contributed by atoms with van der Waals surface area (Å²) >= 11 is 0. The lowest BCUT2D eigenvalue weighted by Gasteiger charge is -2.15. The van der Waals surface area contributed by atoms with Crippen molar-refractivity contribution in [3.8, 4) is 5.75 Å². The Kier molecular flexibility index (Phi) is 6.89. The molecule has 1 atom stereocenters. The number of nitrogens with one attached hydrogen (secondary N) is 2. The molecule has 1 aliphatic rings. The third kappa shape index (κ3) is 4.88. The summed E-state index contributed by atoms with van der Waals surface area (Å²) in [7, 11) is 1.48. The van der Waals surface area contributed by atoms with Gasteiger partial charge in [-0.25, -0.2) is 0 Å². The van der Waals surface area contributed by atoms with Crippen LogP contribution in [0.5, 0.6) is 5.75 Å². The van der Waals surface area contributed by atoms with E-state index in [9.17, 15) is 14.4 Å². The second-order valence-corrected chi connectivity index (χ2v) is 7.24. The average molecular weight is 413 g/mol. The van der Waals surface area contributed by atoms with Crippen LogP contribution in [0.1, 0.15) is 42.1 Å². The van der Waals surface area contributed by atoms with E-state index in [0.717, 1.165) is 12.8 Å². The van der Waals surface area contributed by atoms with E-state index < -0.39 is 5.91 Å². The quantitative estimate of drug-likeness (QED) is 0.727. The largest absolute Gasteiger partial charge is 0.494 e. The fraction of sp³-hybridized carbons (Fsp3) is 0.409. The first-order valence-electron chi connectivity index (χ1n) is 10.0. The molecular weight excluding hydrogens is 386 g/mol. The summed E-state index contributed by atoms with van der Waals surface area (Å²) in [6, 6.07) is 6.66. The maximum absolute atomic E-state index is 12.9. The lowest BCUT2D eigenvalue weighted by atomic mass is 10.1. The lowest BCUT2D eigenvalue weighted by Crippen LogP contribution is -2.32. The molecule has 1 fully saturated rings. The average Bonchev–Trinajstić information content (AvgIpc) is 3.24. The van der Waals surface area contributed by atoms with Gasteiger partial charge in [0.2, 0.25) is 5.91 Å². The summed E-state index contributed by atoms with van der Waals surface area (Å²) < 4.78 is 12.4. The van der Waals surface area contributed by atoms with Gasteiger partial charge in [0, 0.05) is 31.0 Å². The van der Waals surface area contributed by atoms with Crippen molar-refractivity contribution >= 4 is 23.2 Å². The van der Waals surface area contributed by atoms with Gasteiger partial charge in [-0.1, -0.05) is 6.92 Å². The highest BCUT2D eigenvalue weighted by Gasteiger charge is 2.20. The van der Waals surface area contributed by atoms with Crippen LogP contribution in [0.3, 0.4) is 0 Å². The highest BCUT2D eigenvalue weighted by molar-refractivity contribution is 6.05. The summed E-state index contributed by atoms with van der Waals surface area (Å²) in [6.07, 6.45) is 3.92. The van der Waals surface area contributed by atoms with Crippen molar-refractivity contribution in [2.75, 3.05) is 24.4 Å². The number of pyridine rings is 1. The van der Waals surface area contributed by atoms with E-state index in [1.54, 1.807) is 44.3 Å². The fourth-order valence-electron chi connectivity index (χ4n) is 3.40. The van der Waals surface area contributed by atoms with Gasteiger partial charge in [0.25, 0.3) is 11.5 Å². The standard InChI is InChI=1S/C22H27N3O5/c1-4-19(26)24-17-8-7-15(12-18(17)29-3)23-21(27)20-14(2)9-10-25(22(20)28)13-16-6-5-11-30-16/h7-10,12,16H,4-6,11,13H2,1-3H3,(H,23,27)(H,24,26). The number of ether oxygens (including phenoxy) is 2. The lowest BCUT2D eigenvalue weighted by molar-refractivity contribution is -0.115. The first-order valence-corrected chi connectivity index (χ1v) is 10.0. The van der Waals surface area contributed by atoms with Crippen molar-refractivity contribution in [3.05, 3.63) is 51.9 Å². The summed E-state index contributed by atoms with van der Waals surface area (Å²) in [4.78, 5) is 37.4. The maximum atomic E-state index is 12.9. The van der Waals surface area contributed by atoms with Crippen LogP contribution < -0.4 is 20.9 Å². The zero-order valence-electron chi connectivity index (χ0n) is 17.5. The summed E-state index contributed by atoms with van der Waals surface area (Å²) in [6.45, 7) is 4.62. The van der Waals surface area contributed by atoms with Crippen LogP contribution in [0.4, 0.5) is 11.4 Å². The van der Waals surface area contributed by atoms with Crippen LogP contribution in [0.15, 0.2) is 35.3 Å². The van der Waals surface area contributed by atoms with E-state index in [1.165, 1.54) is 11.7 Å². The molecule has 2 N–H and O–H groups in total. The van der Waals surface area contributed by atoms with Gasteiger partial charge < -0.3 is 24.7 Å². The molecule has 0 saturated carbocycles. The first kappa shape index (κ1) is 21.6. The third-order valence-corrected chi connectivity index (χ3v) is 5.08. The van der Waals surface area contributed by atoms with Crippen molar-refractivity contribution in [2.45, 2.75) is 45.8 Å². The van der Waals surface area contributed by atoms with E-state index in [-0.39, 0.29) is 23.1 Å². The monoisotopic (exact) mass is 413 g/mol. The molecule has 1 unspecified atom stereocenters. The highest BCUT2D eigenvalue weighted by atomic mass is 16.5.